The van der Waals surface area contributed by atoms with Crippen molar-refractivity contribution in [2.45, 2.75) is 30.3 Å². The van der Waals surface area contributed by atoms with Crippen LogP contribution in [0.25, 0.3) is 0 Å². The van der Waals surface area contributed by atoms with Crippen molar-refractivity contribution in [2.24, 2.45) is 7.05 Å². The molecular weight excluding hydrogens is 318 g/mol. The number of fused-ring (bicyclic) bond motifs is 1. The van der Waals surface area contributed by atoms with Gasteiger partial charge < -0.3 is 14.5 Å². The van der Waals surface area contributed by atoms with Gasteiger partial charge in [-0.2, -0.15) is 0 Å². The zero-order chi connectivity index (χ0) is 16.6. The fraction of sp³-hybridized carbons (Fsp3) is 0.429. The van der Waals surface area contributed by atoms with Gasteiger partial charge in [-0.15, -0.1) is 0 Å². The van der Waals surface area contributed by atoms with E-state index < -0.39 is 10.0 Å². The Morgan fingerprint density at radius 3 is 2.96 bits per heavy atom. The first-order chi connectivity index (χ1) is 10.9. The van der Waals surface area contributed by atoms with E-state index in [1.807, 2.05) is 10.8 Å². The van der Waals surface area contributed by atoms with Gasteiger partial charge in [-0.25, -0.2) is 18.1 Å². The van der Waals surface area contributed by atoms with Crippen molar-refractivity contribution < 1.29 is 13.2 Å². The van der Waals surface area contributed by atoms with Crippen molar-refractivity contribution in [3.8, 4) is 0 Å². The Kier molecular flexibility index (Phi) is 3.99. The Hall–Kier alpha value is -2.13. The number of aryl methyl sites for hydroxylation is 2. The lowest BCUT2D eigenvalue weighted by molar-refractivity contribution is 0.0919. The van der Waals surface area contributed by atoms with Gasteiger partial charge in [0.2, 0.25) is 10.0 Å². The molecule has 2 N–H and O–H groups in total. The van der Waals surface area contributed by atoms with E-state index in [-0.39, 0.29) is 16.8 Å². The Labute approximate surface area is 134 Å². The average molecular weight is 337 g/mol. The Morgan fingerprint density at radius 2 is 2.22 bits per heavy atom. The molecule has 0 spiro atoms. The normalized spacial score (nSPS) is 17.7. The highest BCUT2D eigenvalue weighted by molar-refractivity contribution is 7.89. The smallest absolute Gasteiger partial charge is 0.268 e. The summed E-state index contributed by atoms with van der Waals surface area (Å²) >= 11 is 0. The highest BCUT2D eigenvalue weighted by Crippen LogP contribution is 2.16. The predicted octanol–water partition coefficient (Wildman–Crippen LogP) is -0.125. The second-order valence-corrected chi connectivity index (χ2v) is 7.47. The van der Waals surface area contributed by atoms with Gasteiger partial charge in [0, 0.05) is 44.6 Å². The maximum atomic E-state index is 12.4. The van der Waals surface area contributed by atoms with Crippen LogP contribution in [-0.2, 0) is 30.0 Å². The molecule has 8 nitrogen and oxygen atoms in total. The molecule has 1 aliphatic heterocycles. The zero-order valence-electron chi connectivity index (χ0n) is 13.0. The zero-order valence-corrected chi connectivity index (χ0v) is 13.8. The Balaban J connectivity index is 1.75. The molecule has 0 radical (unpaired) electrons. The van der Waals surface area contributed by atoms with E-state index in [1.165, 1.54) is 23.9 Å². The highest BCUT2D eigenvalue weighted by Gasteiger charge is 2.23. The monoisotopic (exact) mass is 337 g/mol. The third-order valence-corrected chi connectivity index (χ3v) is 5.44. The first kappa shape index (κ1) is 15.8. The van der Waals surface area contributed by atoms with Crippen molar-refractivity contribution in [3.05, 3.63) is 36.2 Å². The van der Waals surface area contributed by atoms with Crippen LogP contribution in [0, 0.1) is 0 Å². The van der Waals surface area contributed by atoms with Crippen LogP contribution in [0.2, 0.25) is 0 Å². The van der Waals surface area contributed by atoms with Crippen LogP contribution in [-0.4, -0.2) is 41.5 Å². The fourth-order valence-corrected chi connectivity index (χ4v) is 3.57. The van der Waals surface area contributed by atoms with Crippen LogP contribution in [0.1, 0.15) is 22.7 Å². The molecule has 3 rings (SSSR count). The number of imidazole rings is 1. The van der Waals surface area contributed by atoms with Gasteiger partial charge in [0.05, 0.1) is 0 Å². The number of carbonyl (C=O) groups excluding carboxylic acids is 1. The van der Waals surface area contributed by atoms with Gasteiger partial charge in [-0.05, 0) is 19.5 Å². The number of nitrogens with one attached hydrogen (secondary N) is 2. The molecule has 3 heterocycles. The summed E-state index contributed by atoms with van der Waals surface area (Å²) in [5.41, 5.74) is 0.315. The molecule has 0 fully saturated rings. The molecule has 1 aliphatic rings. The molecule has 1 amide bonds. The fourth-order valence-electron chi connectivity index (χ4n) is 2.77. The summed E-state index contributed by atoms with van der Waals surface area (Å²) in [5, 5.41) is 2.97. The van der Waals surface area contributed by atoms with Crippen molar-refractivity contribution in [1.82, 2.24) is 24.2 Å². The van der Waals surface area contributed by atoms with Gasteiger partial charge in [0.15, 0.2) is 0 Å². The van der Waals surface area contributed by atoms with Crippen molar-refractivity contribution in [3.63, 3.8) is 0 Å². The average Bonchev–Trinajstić information content (AvgIpc) is 3.13. The quantitative estimate of drug-likeness (QED) is 0.812. The first-order valence-electron chi connectivity index (χ1n) is 7.31. The van der Waals surface area contributed by atoms with Crippen LogP contribution in [0.4, 0.5) is 0 Å². The van der Waals surface area contributed by atoms with E-state index in [1.54, 1.807) is 13.2 Å². The molecule has 1 atom stereocenters. The Morgan fingerprint density at radius 1 is 1.43 bits per heavy atom. The third-order valence-electron chi connectivity index (χ3n) is 4.06. The number of aromatic nitrogens is 3. The summed E-state index contributed by atoms with van der Waals surface area (Å²) in [6.45, 7) is 0.674. The molecule has 0 aromatic carbocycles. The molecule has 2 aromatic heterocycles. The molecule has 0 aliphatic carbocycles. The summed E-state index contributed by atoms with van der Waals surface area (Å²) in [6.07, 6.45) is 6.70. The van der Waals surface area contributed by atoms with Crippen LogP contribution in [0.3, 0.4) is 0 Å². The molecule has 23 heavy (non-hydrogen) atoms. The van der Waals surface area contributed by atoms with Crippen molar-refractivity contribution in [2.75, 3.05) is 7.05 Å². The third kappa shape index (κ3) is 3.02. The number of carbonyl (C=O) groups is 1. The molecule has 0 saturated carbocycles. The van der Waals surface area contributed by atoms with Crippen LogP contribution in [0.15, 0.2) is 29.6 Å². The topological polar surface area (TPSA) is 98.0 Å². The largest absolute Gasteiger partial charge is 0.346 e. The molecule has 1 unspecified atom stereocenters. The van der Waals surface area contributed by atoms with Gasteiger partial charge in [-0.3, -0.25) is 4.79 Å². The van der Waals surface area contributed by atoms with E-state index >= 15 is 0 Å². The molecular formula is C14H19N5O3S. The van der Waals surface area contributed by atoms with E-state index in [9.17, 15) is 13.2 Å². The second kappa shape index (κ2) is 5.82. The number of sulfonamides is 1. The lowest BCUT2D eigenvalue weighted by Gasteiger charge is -2.24. The number of nitrogens with zero attached hydrogens (tertiary/aromatic N) is 3. The van der Waals surface area contributed by atoms with Gasteiger partial charge >= 0.3 is 0 Å². The molecule has 9 heteroatoms. The van der Waals surface area contributed by atoms with Crippen LogP contribution >= 0.6 is 0 Å². The predicted molar refractivity (Wildman–Crippen MR) is 83.5 cm³/mol. The van der Waals surface area contributed by atoms with Gasteiger partial charge in [-0.1, -0.05) is 0 Å². The van der Waals surface area contributed by atoms with E-state index in [4.69, 9.17) is 0 Å². The van der Waals surface area contributed by atoms with Crippen molar-refractivity contribution in [1.29, 1.82) is 0 Å². The number of hydrogen-bond donors (Lipinski definition) is 2. The summed E-state index contributed by atoms with van der Waals surface area (Å²) in [4.78, 5) is 16.8. The minimum Gasteiger partial charge on any atom is -0.346 e. The minimum absolute atomic E-state index is 0.00320. The second-order valence-electron chi connectivity index (χ2n) is 5.58. The van der Waals surface area contributed by atoms with Crippen LogP contribution in [0.5, 0.6) is 0 Å². The standard InChI is InChI=1S/C14H19N5O3S/c1-15-23(21,22)11-7-12(18(2)9-11)14(20)17-10-3-4-13-16-5-6-19(13)8-10/h5-7,9-10,15H,3-4,8H2,1-2H3,(H,17,20). The van der Waals surface area contributed by atoms with Crippen molar-refractivity contribution >= 4 is 15.9 Å². The summed E-state index contributed by atoms with van der Waals surface area (Å²) in [7, 11) is -0.571. The van der Waals surface area contributed by atoms with Gasteiger partial charge in [0.1, 0.15) is 16.4 Å². The lowest BCUT2D eigenvalue weighted by atomic mass is 10.1. The maximum absolute atomic E-state index is 12.4. The Bertz CT molecular complexity index is 836. The highest BCUT2D eigenvalue weighted by atomic mass is 32.2. The number of hydrogen-bond acceptors (Lipinski definition) is 4. The summed E-state index contributed by atoms with van der Waals surface area (Å²) in [6, 6.07) is 1.38. The summed E-state index contributed by atoms with van der Waals surface area (Å²) in [5.74, 6) is 0.746. The summed E-state index contributed by atoms with van der Waals surface area (Å²) < 4.78 is 29.4. The van der Waals surface area contributed by atoms with E-state index in [0.717, 1.165) is 18.7 Å². The lowest BCUT2D eigenvalue weighted by Crippen LogP contribution is -2.41. The molecule has 2 aromatic rings. The first-order valence-corrected chi connectivity index (χ1v) is 8.80. The molecule has 0 bridgehead atoms. The SMILES string of the molecule is CNS(=O)(=O)c1cc(C(=O)NC2CCc3nccn3C2)n(C)c1. The maximum Gasteiger partial charge on any atom is 0.268 e. The van der Waals surface area contributed by atoms with Gasteiger partial charge in [0.25, 0.3) is 5.91 Å². The molecule has 124 valence electrons. The number of rotatable bonds is 4. The number of amides is 1. The van der Waals surface area contributed by atoms with E-state index in [0.29, 0.717) is 12.2 Å². The van der Waals surface area contributed by atoms with E-state index in [2.05, 4.69) is 15.0 Å². The molecule has 0 saturated heterocycles. The minimum atomic E-state index is -3.56. The van der Waals surface area contributed by atoms with Crippen LogP contribution < -0.4 is 10.0 Å².